The van der Waals surface area contributed by atoms with Crippen LogP contribution in [0.1, 0.15) is 30.1 Å². The number of fused-ring (bicyclic) bond motifs is 2. The second-order valence-corrected chi connectivity index (χ2v) is 8.84. The number of carboxylic acid groups (broad SMARTS) is 2. The predicted octanol–water partition coefficient (Wildman–Crippen LogP) is 1.30. The van der Waals surface area contributed by atoms with Crippen LogP contribution < -0.4 is 5.32 Å². The first kappa shape index (κ1) is 23.2. The van der Waals surface area contributed by atoms with Gasteiger partial charge in [0.2, 0.25) is 0 Å². The SMILES string of the molecule is CCn1cc2cccc(C(=O)NCC3C4CN(C5CCOCC5)CC34)c2n1.O=C(O)C(=O)O. The molecular weight excluding hydrogens is 428 g/mol. The first-order valence-electron chi connectivity index (χ1n) is 11.4. The maximum absolute atomic E-state index is 12.7. The average Bonchev–Trinajstić information content (AvgIpc) is 3.16. The van der Waals surface area contributed by atoms with Crippen molar-refractivity contribution in [2.24, 2.45) is 17.8 Å². The number of carboxylic acids is 2. The van der Waals surface area contributed by atoms with E-state index in [-0.39, 0.29) is 5.91 Å². The number of aliphatic carboxylic acids is 2. The maximum Gasteiger partial charge on any atom is 0.414 e. The van der Waals surface area contributed by atoms with Crippen molar-refractivity contribution in [2.75, 3.05) is 32.8 Å². The normalized spacial score (nSPS) is 24.6. The number of nitrogens with one attached hydrogen (secondary N) is 1. The zero-order valence-electron chi connectivity index (χ0n) is 18.6. The molecule has 0 spiro atoms. The lowest BCUT2D eigenvalue weighted by molar-refractivity contribution is -0.159. The Balaban J connectivity index is 0.000000385. The fourth-order valence-electron chi connectivity index (χ4n) is 5.08. The maximum atomic E-state index is 12.7. The summed E-state index contributed by atoms with van der Waals surface area (Å²) < 4.78 is 7.37. The molecule has 3 fully saturated rings. The summed E-state index contributed by atoms with van der Waals surface area (Å²) in [7, 11) is 0. The zero-order valence-corrected chi connectivity index (χ0v) is 18.6. The van der Waals surface area contributed by atoms with Gasteiger partial charge in [0, 0.05) is 57.0 Å². The monoisotopic (exact) mass is 458 g/mol. The van der Waals surface area contributed by atoms with Gasteiger partial charge in [-0.05, 0) is 43.6 Å². The van der Waals surface area contributed by atoms with Gasteiger partial charge in [-0.2, -0.15) is 5.10 Å². The van der Waals surface area contributed by atoms with Gasteiger partial charge in [0.05, 0.1) is 5.56 Å². The molecule has 1 aliphatic carbocycles. The molecule has 33 heavy (non-hydrogen) atoms. The van der Waals surface area contributed by atoms with E-state index in [9.17, 15) is 4.79 Å². The zero-order chi connectivity index (χ0) is 23.5. The van der Waals surface area contributed by atoms with Gasteiger partial charge in [-0.15, -0.1) is 0 Å². The van der Waals surface area contributed by atoms with Crippen LogP contribution in [0, 0.1) is 17.8 Å². The highest BCUT2D eigenvalue weighted by Gasteiger charge is 2.56. The van der Waals surface area contributed by atoms with E-state index in [0.717, 1.165) is 49.0 Å². The molecule has 10 nitrogen and oxygen atoms in total. The number of nitrogens with zero attached hydrogens (tertiary/aromatic N) is 3. The number of amides is 1. The lowest BCUT2D eigenvalue weighted by Crippen LogP contribution is -2.40. The number of rotatable bonds is 5. The number of piperidine rings is 1. The Morgan fingerprint density at radius 1 is 1.12 bits per heavy atom. The van der Waals surface area contributed by atoms with Gasteiger partial charge in [-0.3, -0.25) is 14.4 Å². The number of hydrogen-bond donors (Lipinski definition) is 3. The van der Waals surface area contributed by atoms with Crippen LogP contribution in [0.5, 0.6) is 0 Å². The van der Waals surface area contributed by atoms with E-state index in [2.05, 4.69) is 22.2 Å². The van der Waals surface area contributed by atoms with Crippen LogP contribution >= 0.6 is 0 Å². The number of ether oxygens (including phenoxy) is 1. The van der Waals surface area contributed by atoms with Crippen molar-refractivity contribution in [3.8, 4) is 0 Å². The molecule has 3 N–H and O–H groups in total. The third-order valence-electron chi connectivity index (χ3n) is 6.94. The molecule has 2 unspecified atom stereocenters. The summed E-state index contributed by atoms with van der Waals surface area (Å²) >= 11 is 0. The average molecular weight is 459 g/mol. The molecule has 2 atom stereocenters. The summed E-state index contributed by atoms with van der Waals surface area (Å²) in [4.78, 5) is 33.6. The molecule has 5 rings (SSSR count). The molecule has 1 amide bonds. The number of carbonyl (C=O) groups is 3. The highest BCUT2D eigenvalue weighted by molar-refractivity contribution is 6.27. The Morgan fingerprint density at radius 2 is 1.79 bits per heavy atom. The van der Waals surface area contributed by atoms with Crippen molar-refractivity contribution in [1.82, 2.24) is 20.0 Å². The summed E-state index contributed by atoms with van der Waals surface area (Å²) in [6.45, 7) is 7.88. The summed E-state index contributed by atoms with van der Waals surface area (Å²) in [6, 6.07) is 6.55. The second kappa shape index (κ2) is 9.88. The third kappa shape index (κ3) is 5.17. The number of benzene rings is 1. The molecule has 1 saturated carbocycles. The van der Waals surface area contributed by atoms with Crippen LogP contribution in [0.2, 0.25) is 0 Å². The quantitative estimate of drug-likeness (QED) is 0.571. The molecule has 0 radical (unpaired) electrons. The summed E-state index contributed by atoms with van der Waals surface area (Å²) in [6.07, 6.45) is 4.35. The smallest absolute Gasteiger partial charge is 0.414 e. The fourth-order valence-corrected chi connectivity index (χ4v) is 5.08. The van der Waals surface area contributed by atoms with E-state index < -0.39 is 11.9 Å². The molecule has 10 heteroatoms. The first-order valence-corrected chi connectivity index (χ1v) is 11.4. The Labute approximate surface area is 191 Å². The van der Waals surface area contributed by atoms with Gasteiger partial charge in [-0.1, -0.05) is 12.1 Å². The number of likely N-dealkylation sites (tertiary alicyclic amines) is 1. The Morgan fingerprint density at radius 3 is 2.39 bits per heavy atom. The highest BCUT2D eigenvalue weighted by atomic mass is 16.5. The van der Waals surface area contributed by atoms with Crippen molar-refractivity contribution in [3.63, 3.8) is 0 Å². The van der Waals surface area contributed by atoms with Crippen LogP contribution in [0.15, 0.2) is 24.4 Å². The lowest BCUT2D eigenvalue weighted by Gasteiger charge is -2.32. The highest BCUT2D eigenvalue weighted by Crippen LogP contribution is 2.52. The molecule has 3 aliphatic rings. The number of hydrogen-bond acceptors (Lipinski definition) is 6. The van der Waals surface area contributed by atoms with Crippen molar-refractivity contribution in [2.45, 2.75) is 32.4 Å². The van der Waals surface area contributed by atoms with Gasteiger partial charge in [0.25, 0.3) is 5.91 Å². The molecule has 178 valence electrons. The van der Waals surface area contributed by atoms with E-state index in [0.29, 0.717) is 17.5 Å². The number of carbonyl (C=O) groups excluding carboxylic acids is 1. The van der Waals surface area contributed by atoms with E-state index in [1.807, 2.05) is 29.1 Å². The van der Waals surface area contributed by atoms with Crippen LogP contribution in [0.4, 0.5) is 0 Å². The van der Waals surface area contributed by atoms with Gasteiger partial charge in [0.15, 0.2) is 0 Å². The molecule has 2 aliphatic heterocycles. The summed E-state index contributed by atoms with van der Waals surface area (Å²) in [5.41, 5.74) is 1.49. The number of aromatic nitrogens is 2. The third-order valence-corrected chi connectivity index (χ3v) is 6.94. The molecule has 3 heterocycles. The minimum atomic E-state index is -1.82. The summed E-state index contributed by atoms with van der Waals surface area (Å²) in [5, 5.41) is 23.5. The van der Waals surface area contributed by atoms with Gasteiger partial charge >= 0.3 is 11.9 Å². The lowest BCUT2D eigenvalue weighted by atomic mass is 10.1. The van der Waals surface area contributed by atoms with Gasteiger partial charge < -0.3 is 20.3 Å². The van der Waals surface area contributed by atoms with Crippen molar-refractivity contribution in [3.05, 3.63) is 30.0 Å². The minimum Gasteiger partial charge on any atom is -0.473 e. The van der Waals surface area contributed by atoms with E-state index in [1.165, 1.54) is 25.9 Å². The van der Waals surface area contributed by atoms with Gasteiger partial charge in [-0.25, -0.2) is 9.59 Å². The Hall–Kier alpha value is -2.98. The largest absolute Gasteiger partial charge is 0.473 e. The van der Waals surface area contributed by atoms with E-state index in [1.54, 1.807) is 0 Å². The van der Waals surface area contributed by atoms with E-state index in [4.69, 9.17) is 24.5 Å². The standard InChI is InChI=1S/C21H28N4O2.C2H2O4/c1-2-25-11-14-4-3-5-16(20(14)23-25)21(26)22-10-17-18-12-24(13-19(17)18)15-6-8-27-9-7-15;3-1(4)2(5)6/h3-5,11,15,17-19H,2,6-10,12-13H2,1H3,(H,22,26);(H,3,4)(H,5,6). The molecule has 1 aromatic carbocycles. The molecular formula is C23H30N4O6. The predicted molar refractivity (Wildman–Crippen MR) is 119 cm³/mol. The molecule has 1 aromatic heterocycles. The van der Waals surface area contributed by atoms with Crippen molar-refractivity contribution >= 4 is 28.7 Å². The topological polar surface area (TPSA) is 134 Å². The van der Waals surface area contributed by atoms with Crippen LogP contribution in [-0.4, -0.2) is 81.6 Å². The van der Waals surface area contributed by atoms with E-state index >= 15 is 0 Å². The number of aryl methyl sites for hydroxylation is 1. The molecule has 2 aromatic rings. The van der Waals surface area contributed by atoms with Crippen LogP contribution in [-0.2, 0) is 20.9 Å². The van der Waals surface area contributed by atoms with Crippen LogP contribution in [0.25, 0.3) is 10.9 Å². The van der Waals surface area contributed by atoms with Gasteiger partial charge in [0.1, 0.15) is 5.52 Å². The first-order chi connectivity index (χ1) is 15.9. The second-order valence-electron chi connectivity index (χ2n) is 8.84. The minimum absolute atomic E-state index is 0.00760. The molecule has 0 bridgehead atoms. The summed E-state index contributed by atoms with van der Waals surface area (Å²) in [5.74, 6) is -1.46. The van der Waals surface area contributed by atoms with Crippen LogP contribution in [0.3, 0.4) is 0 Å². The Bertz CT molecular complexity index is 1010. The fraction of sp³-hybridized carbons (Fsp3) is 0.565. The molecule has 2 saturated heterocycles. The van der Waals surface area contributed by atoms with Crippen molar-refractivity contribution < 1.29 is 29.3 Å². The Kier molecular flexibility index (Phi) is 6.94. The van der Waals surface area contributed by atoms with Crippen molar-refractivity contribution in [1.29, 1.82) is 0 Å².